The Morgan fingerprint density at radius 1 is 0.865 bits per heavy atom. The molecular weight excluding hydrogens is 511 g/mol. The lowest BCUT2D eigenvalue weighted by Gasteiger charge is -2.25. The predicted molar refractivity (Wildman–Crippen MR) is 135 cm³/mol. The number of alkyl halides is 3. The van der Waals surface area contributed by atoms with Crippen LogP contribution in [0.15, 0.2) is 42.5 Å². The van der Waals surface area contributed by atoms with Gasteiger partial charge < -0.3 is 21.1 Å². The zero-order chi connectivity index (χ0) is 27.9. The van der Waals surface area contributed by atoms with E-state index in [1.165, 1.54) is 18.2 Å². The Morgan fingerprint density at radius 3 is 1.92 bits per heavy atom. The van der Waals surface area contributed by atoms with Crippen molar-refractivity contribution in [1.82, 2.24) is 10.6 Å². The summed E-state index contributed by atoms with van der Waals surface area (Å²) >= 11 is 5.92. The zero-order valence-corrected chi connectivity index (χ0v) is 21.7. The minimum atomic E-state index is -4.51. The maximum absolute atomic E-state index is 13.2. The van der Waals surface area contributed by atoms with Gasteiger partial charge in [0.2, 0.25) is 11.8 Å². The number of hydrogen-bond donors (Lipinski definition) is 4. The number of hydrogen-bond acceptors (Lipinski definition) is 4. The van der Waals surface area contributed by atoms with Gasteiger partial charge in [0.15, 0.2) is 0 Å². The van der Waals surface area contributed by atoms with Crippen LogP contribution in [-0.2, 0) is 15.8 Å². The highest BCUT2D eigenvalue weighted by Crippen LogP contribution is 2.30. The standard InChI is InChI=1S/C26H31ClF3N3O4/c1-14(2)11-20(24(36)31-18-8-5-16(6-9-18)26(28,29)30)33-25(37)21(12-15(3)4)32-23(35)19-13-17(27)7-10-22(19)34/h5-10,13-15,20-21,34H,11-12H2,1-4H3,(H,31,36)(H,32,35)(H,33,37)/t20-,21-/m0/s1. The van der Waals surface area contributed by atoms with Crippen molar-refractivity contribution in [3.05, 3.63) is 58.6 Å². The van der Waals surface area contributed by atoms with Gasteiger partial charge in [-0.15, -0.1) is 0 Å². The van der Waals surface area contributed by atoms with Crippen LogP contribution in [0.25, 0.3) is 0 Å². The van der Waals surface area contributed by atoms with Gasteiger partial charge in [0.05, 0.1) is 11.1 Å². The summed E-state index contributed by atoms with van der Waals surface area (Å²) in [5.41, 5.74) is -0.812. The molecule has 37 heavy (non-hydrogen) atoms. The van der Waals surface area contributed by atoms with Crippen molar-refractivity contribution < 1.29 is 32.7 Å². The minimum absolute atomic E-state index is 0.00599. The molecule has 0 unspecified atom stereocenters. The van der Waals surface area contributed by atoms with Crippen molar-refractivity contribution in [2.45, 2.75) is 58.8 Å². The monoisotopic (exact) mass is 541 g/mol. The van der Waals surface area contributed by atoms with E-state index in [0.29, 0.717) is 0 Å². The molecule has 0 bridgehead atoms. The lowest BCUT2D eigenvalue weighted by atomic mass is 9.99. The SMILES string of the molecule is CC(C)C[C@H](NC(=O)c1cc(Cl)ccc1O)C(=O)N[C@@H](CC(C)C)C(=O)Nc1ccc(C(F)(F)F)cc1. The normalized spacial score (nSPS) is 13.2. The van der Waals surface area contributed by atoms with Gasteiger partial charge in [0.25, 0.3) is 5.91 Å². The van der Waals surface area contributed by atoms with E-state index in [1.54, 1.807) is 0 Å². The summed E-state index contributed by atoms with van der Waals surface area (Å²) < 4.78 is 38.5. The molecule has 0 heterocycles. The van der Waals surface area contributed by atoms with Crippen molar-refractivity contribution in [2.24, 2.45) is 11.8 Å². The van der Waals surface area contributed by atoms with Crippen LogP contribution in [0.2, 0.25) is 5.02 Å². The lowest BCUT2D eigenvalue weighted by molar-refractivity contribution is -0.137. The van der Waals surface area contributed by atoms with Gasteiger partial charge in [-0.1, -0.05) is 39.3 Å². The fraction of sp³-hybridized carbons (Fsp3) is 0.423. The third-order valence-corrected chi connectivity index (χ3v) is 5.59. The Balaban J connectivity index is 2.19. The molecule has 2 aromatic carbocycles. The molecular formula is C26H31ClF3N3O4. The smallest absolute Gasteiger partial charge is 0.416 e. The van der Waals surface area contributed by atoms with Gasteiger partial charge in [0, 0.05) is 10.7 Å². The van der Waals surface area contributed by atoms with E-state index < -0.39 is 41.5 Å². The van der Waals surface area contributed by atoms with Gasteiger partial charge in [-0.2, -0.15) is 13.2 Å². The van der Waals surface area contributed by atoms with E-state index in [0.717, 1.165) is 24.3 Å². The molecule has 0 aliphatic rings. The van der Waals surface area contributed by atoms with Crippen LogP contribution in [0.3, 0.4) is 0 Å². The van der Waals surface area contributed by atoms with Crippen molar-refractivity contribution in [3.8, 4) is 5.75 Å². The summed E-state index contributed by atoms with van der Waals surface area (Å²) in [6, 6.07) is 5.88. The third kappa shape index (κ3) is 9.27. The first-order chi connectivity index (χ1) is 17.2. The topological polar surface area (TPSA) is 108 Å². The van der Waals surface area contributed by atoms with Crippen LogP contribution >= 0.6 is 11.6 Å². The third-order valence-electron chi connectivity index (χ3n) is 5.35. The number of carbonyl (C=O) groups excluding carboxylic acids is 3. The molecule has 4 N–H and O–H groups in total. The molecule has 0 spiro atoms. The first-order valence-corrected chi connectivity index (χ1v) is 12.1. The predicted octanol–water partition coefficient (Wildman–Crippen LogP) is 5.38. The van der Waals surface area contributed by atoms with Crippen molar-refractivity contribution in [3.63, 3.8) is 0 Å². The Morgan fingerprint density at radius 2 is 1.41 bits per heavy atom. The van der Waals surface area contributed by atoms with E-state index in [4.69, 9.17) is 11.6 Å². The van der Waals surface area contributed by atoms with Crippen LogP contribution in [-0.4, -0.2) is 34.9 Å². The Bertz CT molecular complexity index is 1110. The lowest BCUT2D eigenvalue weighted by Crippen LogP contribution is -2.53. The number of phenols is 1. The highest BCUT2D eigenvalue weighted by atomic mass is 35.5. The van der Waals surface area contributed by atoms with Crippen molar-refractivity contribution in [2.75, 3.05) is 5.32 Å². The van der Waals surface area contributed by atoms with E-state index >= 15 is 0 Å². The second-order valence-electron chi connectivity index (χ2n) is 9.57. The van der Waals surface area contributed by atoms with Crippen molar-refractivity contribution in [1.29, 1.82) is 0 Å². The number of benzene rings is 2. The second-order valence-corrected chi connectivity index (χ2v) is 10.0. The van der Waals surface area contributed by atoms with Crippen molar-refractivity contribution >= 4 is 35.0 Å². The number of rotatable bonds is 10. The van der Waals surface area contributed by atoms with Gasteiger partial charge in [-0.25, -0.2) is 0 Å². The summed E-state index contributed by atoms with van der Waals surface area (Å²) in [5, 5.41) is 18.0. The molecule has 3 amide bonds. The van der Waals surface area contributed by atoms with Crippen LogP contribution in [0.1, 0.15) is 56.5 Å². The summed E-state index contributed by atoms with van der Waals surface area (Å²) in [6.45, 7) is 7.40. The van der Waals surface area contributed by atoms with Crippen LogP contribution < -0.4 is 16.0 Å². The number of nitrogens with one attached hydrogen (secondary N) is 3. The average Bonchev–Trinajstić information content (AvgIpc) is 2.78. The molecule has 0 aliphatic carbocycles. The molecule has 0 aliphatic heterocycles. The van der Waals surface area contributed by atoms with E-state index in [2.05, 4.69) is 16.0 Å². The maximum Gasteiger partial charge on any atom is 0.416 e. The zero-order valence-electron chi connectivity index (χ0n) is 20.9. The molecule has 2 rings (SSSR count). The first-order valence-electron chi connectivity index (χ1n) is 11.7. The van der Waals surface area contributed by atoms with Gasteiger partial charge in [-0.05, 0) is 67.1 Å². The molecule has 2 atom stereocenters. The van der Waals surface area contributed by atoms with E-state index in [1.807, 2.05) is 27.7 Å². The first kappa shape index (κ1) is 30.0. The maximum atomic E-state index is 13.2. The minimum Gasteiger partial charge on any atom is -0.507 e. The molecule has 202 valence electrons. The number of halogens is 4. The molecule has 11 heteroatoms. The molecule has 0 fully saturated rings. The average molecular weight is 542 g/mol. The van der Waals surface area contributed by atoms with Gasteiger partial charge >= 0.3 is 6.18 Å². The van der Waals surface area contributed by atoms with E-state index in [-0.39, 0.29) is 46.7 Å². The largest absolute Gasteiger partial charge is 0.507 e. The molecule has 2 aromatic rings. The van der Waals surface area contributed by atoms with Gasteiger partial charge in [-0.3, -0.25) is 14.4 Å². The van der Waals surface area contributed by atoms with Crippen LogP contribution in [0.4, 0.5) is 18.9 Å². The summed E-state index contributed by atoms with van der Waals surface area (Å²) in [4.78, 5) is 38.9. The van der Waals surface area contributed by atoms with E-state index in [9.17, 15) is 32.7 Å². The highest BCUT2D eigenvalue weighted by molar-refractivity contribution is 6.31. The second kappa shape index (κ2) is 12.8. The molecule has 7 nitrogen and oxygen atoms in total. The number of phenolic OH excluding ortho intramolecular Hbond substituents is 1. The number of amides is 3. The summed E-state index contributed by atoms with van der Waals surface area (Å²) in [7, 11) is 0. The summed E-state index contributed by atoms with van der Waals surface area (Å²) in [6.07, 6.45) is -4.02. The molecule has 0 saturated carbocycles. The van der Waals surface area contributed by atoms with Crippen LogP contribution in [0.5, 0.6) is 5.75 Å². The quantitative estimate of drug-likeness (QED) is 0.324. The number of anilines is 1. The van der Waals surface area contributed by atoms with Gasteiger partial charge in [0.1, 0.15) is 17.8 Å². The fourth-order valence-corrected chi connectivity index (χ4v) is 3.75. The Labute approximate surface area is 218 Å². The number of aromatic hydroxyl groups is 1. The fourth-order valence-electron chi connectivity index (χ4n) is 3.58. The highest BCUT2D eigenvalue weighted by Gasteiger charge is 2.31. The molecule has 0 aromatic heterocycles. The Kier molecular flexibility index (Phi) is 10.4. The van der Waals surface area contributed by atoms with Crippen LogP contribution in [0, 0.1) is 11.8 Å². The Hall–Kier alpha value is -3.27. The summed E-state index contributed by atoms with van der Waals surface area (Å²) in [5.74, 6) is -2.26. The number of carbonyl (C=O) groups is 3. The molecule has 0 radical (unpaired) electrons. The molecule has 0 saturated heterocycles.